The van der Waals surface area contributed by atoms with Crippen LogP contribution in [-0.4, -0.2) is 57.4 Å². The van der Waals surface area contributed by atoms with Crippen LogP contribution in [0, 0.1) is 6.92 Å². The lowest BCUT2D eigenvalue weighted by Gasteiger charge is -2.24. The minimum atomic E-state index is 0.0139. The highest BCUT2D eigenvalue weighted by molar-refractivity contribution is 7.10. The molecule has 0 saturated heterocycles. The van der Waals surface area contributed by atoms with Gasteiger partial charge in [-0.1, -0.05) is 0 Å². The molecule has 1 saturated carbocycles. The van der Waals surface area contributed by atoms with Crippen molar-refractivity contribution in [3.05, 3.63) is 46.0 Å². The van der Waals surface area contributed by atoms with Gasteiger partial charge in [-0.05, 0) is 56.9 Å². The highest BCUT2D eigenvalue weighted by Gasteiger charge is 2.26. The Hall–Kier alpha value is -2.25. The maximum absolute atomic E-state index is 13.2. The molecule has 1 aliphatic carbocycles. The molecular weight excluding hydrogens is 358 g/mol. The maximum Gasteiger partial charge on any atom is 0.255 e. The van der Waals surface area contributed by atoms with E-state index in [4.69, 9.17) is 0 Å². The smallest absolute Gasteiger partial charge is 0.255 e. The zero-order chi connectivity index (χ0) is 19.0. The molecule has 0 bridgehead atoms. The fraction of sp³-hybridized carbons (Fsp3) is 0.450. The zero-order valence-electron chi connectivity index (χ0n) is 16.1. The van der Waals surface area contributed by atoms with Gasteiger partial charge < -0.3 is 14.4 Å². The summed E-state index contributed by atoms with van der Waals surface area (Å²) in [7, 11) is 4.05. The third-order valence-corrected chi connectivity index (χ3v) is 6.01. The van der Waals surface area contributed by atoms with E-state index >= 15 is 0 Å². The van der Waals surface area contributed by atoms with E-state index in [1.165, 1.54) is 23.3 Å². The van der Waals surface area contributed by atoms with Gasteiger partial charge in [-0.3, -0.25) is 4.79 Å². The van der Waals surface area contributed by atoms with Gasteiger partial charge in [0.2, 0.25) is 0 Å². The lowest BCUT2D eigenvalue weighted by atomic mass is 10.2. The van der Waals surface area contributed by atoms with Gasteiger partial charge in [-0.25, -0.2) is 9.97 Å². The number of carbonyl (C=O) groups excluding carboxylic acids is 1. The van der Waals surface area contributed by atoms with Crippen molar-refractivity contribution in [3.8, 4) is 0 Å². The van der Waals surface area contributed by atoms with Crippen molar-refractivity contribution in [2.45, 2.75) is 32.4 Å². The summed E-state index contributed by atoms with van der Waals surface area (Å²) in [6.07, 6.45) is 5.93. The first-order chi connectivity index (χ1) is 13.0. The lowest BCUT2D eigenvalue weighted by molar-refractivity contribution is 0.0733. The van der Waals surface area contributed by atoms with Gasteiger partial charge in [-0.15, -0.1) is 11.3 Å². The number of likely N-dealkylation sites (N-methyl/N-ethyl adjacent to an activating group) is 1. The molecule has 0 aliphatic heterocycles. The van der Waals surface area contributed by atoms with Crippen molar-refractivity contribution < 1.29 is 4.79 Å². The first-order valence-electron chi connectivity index (χ1n) is 9.32. The Bertz CT molecular complexity index is 956. The van der Waals surface area contributed by atoms with E-state index in [0.717, 1.165) is 17.7 Å². The van der Waals surface area contributed by atoms with E-state index in [1.807, 2.05) is 31.4 Å². The van der Waals surface area contributed by atoms with Crippen LogP contribution < -0.4 is 0 Å². The molecule has 0 N–H and O–H groups in total. The third-order valence-electron chi connectivity index (χ3n) is 5.01. The second-order valence-corrected chi connectivity index (χ2v) is 8.51. The molecule has 27 heavy (non-hydrogen) atoms. The molecule has 6 nitrogen and oxygen atoms in total. The molecule has 3 heterocycles. The standard InChI is InChI=1S/C20H25N5OS/c1-14-6-9-27-18(14)12-24(8-7-23(2)3)20(26)15-10-17-19(21-11-15)25(13-22-17)16-4-5-16/h6,9-11,13,16H,4-5,7-8,12H2,1-3H3. The van der Waals surface area contributed by atoms with E-state index in [2.05, 4.69) is 37.8 Å². The van der Waals surface area contributed by atoms with Gasteiger partial charge in [0, 0.05) is 30.2 Å². The molecule has 0 aromatic carbocycles. The van der Waals surface area contributed by atoms with Gasteiger partial charge in [0.25, 0.3) is 5.91 Å². The fourth-order valence-corrected chi connectivity index (χ4v) is 4.07. The number of nitrogens with zero attached hydrogens (tertiary/aromatic N) is 5. The van der Waals surface area contributed by atoms with E-state index in [1.54, 1.807) is 17.5 Å². The van der Waals surface area contributed by atoms with Crippen molar-refractivity contribution in [3.63, 3.8) is 0 Å². The number of pyridine rings is 1. The molecule has 0 unspecified atom stereocenters. The van der Waals surface area contributed by atoms with Crippen molar-refractivity contribution in [2.24, 2.45) is 0 Å². The molecule has 0 spiro atoms. The summed E-state index contributed by atoms with van der Waals surface area (Å²) in [5, 5.41) is 2.08. The number of aryl methyl sites for hydroxylation is 1. The highest BCUT2D eigenvalue weighted by Crippen LogP contribution is 2.36. The topological polar surface area (TPSA) is 54.3 Å². The summed E-state index contributed by atoms with van der Waals surface area (Å²) >= 11 is 1.70. The van der Waals surface area contributed by atoms with Crippen molar-refractivity contribution in [1.29, 1.82) is 0 Å². The molecule has 3 aromatic rings. The molecule has 4 rings (SSSR count). The number of imidazole rings is 1. The van der Waals surface area contributed by atoms with Gasteiger partial charge >= 0.3 is 0 Å². The van der Waals surface area contributed by atoms with Crippen molar-refractivity contribution in [1.82, 2.24) is 24.3 Å². The summed E-state index contributed by atoms with van der Waals surface area (Å²) in [5.74, 6) is 0.0139. The predicted octanol–water partition coefficient (Wildman–Crippen LogP) is 3.34. The van der Waals surface area contributed by atoms with E-state index < -0.39 is 0 Å². The Morgan fingerprint density at radius 2 is 2.11 bits per heavy atom. The van der Waals surface area contributed by atoms with Crippen LogP contribution in [0.4, 0.5) is 0 Å². The Kier molecular flexibility index (Phi) is 4.97. The molecule has 3 aromatic heterocycles. The van der Waals surface area contributed by atoms with Gasteiger partial charge in [0.05, 0.1) is 18.4 Å². The lowest BCUT2D eigenvalue weighted by Crippen LogP contribution is -2.36. The Morgan fingerprint density at radius 3 is 2.78 bits per heavy atom. The number of hydrogen-bond acceptors (Lipinski definition) is 5. The molecule has 1 amide bonds. The van der Waals surface area contributed by atoms with Crippen LogP contribution in [0.2, 0.25) is 0 Å². The highest BCUT2D eigenvalue weighted by atomic mass is 32.1. The number of amides is 1. The van der Waals surface area contributed by atoms with Crippen LogP contribution in [0.3, 0.4) is 0 Å². The van der Waals surface area contributed by atoms with Crippen LogP contribution in [0.25, 0.3) is 11.2 Å². The normalized spacial score (nSPS) is 14.2. The number of hydrogen-bond donors (Lipinski definition) is 0. The largest absolute Gasteiger partial charge is 0.332 e. The first kappa shape index (κ1) is 18.1. The van der Waals surface area contributed by atoms with E-state index in [0.29, 0.717) is 24.7 Å². The Labute approximate surface area is 163 Å². The van der Waals surface area contributed by atoms with Crippen LogP contribution in [0.15, 0.2) is 30.0 Å². The molecule has 142 valence electrons. The molecule has 1 aliphatic rings. The molecular formula is C20H25N5OS. The second-order valence-electron chi connectivity index (χ2n) is 7.51. The van der Waals surface area contributed by atoms with Crippen molar-refractivity contribution >= 4 is 28.4 Å². The Balaban J connectivity index is 1.59. The first-order valence-corrected chi connectivity index (χ1v) is 10.2. The summed E-state index contributed by atoms with van der Waals surface area (Å²) in [5.41, 5.74) is 3.52. The molecule has 7 heteroatoms. The number of aromatic nitrogens is 3. The SMILES string of the molecule is Cc1ccsc1CN(CCN(C)C)C(=O)c1cnc2c(c1)ncn2C1CC1. The monoisotopic (exact) mass is 383 g/mol. The minimum Gasteiger partial charge on any atom is -0.332 e. The average molecular weight is 384 g/mol. The number of rotatable bonds is 7. The maximum atomic E-state index is 13.2. The van der Waals surface area contributed by atoms with Gasteiger partial charge in [0.1, 0.15) is 5.52 Å². The van der Waals surface area contributed by atoms with Crippen LogP contribution >= 0.6 is 11.3 Å². The van der Waals surface area contributed by atoms with Crippen LogP contribution in [-0.2, 0) is 6.54 Å². The molecule has 0 atom stereocenters. The number of fused-ring (bicyclic) bond motifs is 1. The van der Waals surface area contributed by atoms with Crippen LogP contribution in [0.1, 0.15) is 39.7 Å². The molecule has 0 radical (unpaired) electrons. The summed E-state index contributed by atoms with van der Waals surface area (Å²) in [6, 6.07) is 4.52. The quantitative estimate of drug-likeness (QED) is 0.628. The number of thiophene rings is 1. The van der Waals surface area contributed by atoms with E-state index in [9.17, 15) is 4.79 Å². The summed E-state index contributed by atoms with van der Waals surface area (Å²) < 4.78 is 2.13. The number of carbonyl (C=O) groups is 1. The van der Waals surface area contributed by atoms with Crippen LogP contribution in [0.5, 0.6) is 0 Å². The second kappa shape index (κ2) is 7.40. The van der Waals surface area contributed by atoms with E-state index in [-0.39, 0.29) is 5.91 Å². The average Bonchev–Trinajstić information content (AvgIpc) is 3.28. The summed E-state index contributed by atoms with van der Waals surface area (Å²) in [6.45, 7) is 4.23. The summed E-state index contributed by atoms with van der Waals surface area (Å²) in [4.78, 5) is 27.5. The Morgan fingerprint density at radius 1 is 1.30 bits per heavy atom. The third kappa shape index (κ3) is 3.89. The van der Waals surface area contributed by atoms with Gasteiger partial charge in [0.15, 0.2) is 5.65 Å². The minimum absolute atomic E-state index is 0.0139. The van der Waals surface area contributed by atoms with Crippen molar-refractivity contribution in [2.75, 3.05) is 27.2 Å². The zero-order valence-corrected chi connectivity index (χ0v) is 16.9. The fourth-order valence-electron chi connectivity index (χ4n) is 3.15. The predicted molar refractivity (Wildman–Crippen MR) is 108 cm³/mol. The van der Waals surface area contributed by atoms with Gasteiger partial charge in [-0.2, -0.15) is 0 Å². The molecule has 1 fully saturated rings.